The van der Waals surface area contributed by atoms with Gasteiger partial charge in [-0.05, 0) is 48.6 Å². The number of ether oxygens (including phenoxy) is 2. The highest BCUT2D eigenvalue weighted by molar-refractivity contribution is 5.94. The number of esters is 1. The van der Waals surface area contributed by atoms with Gasteiger partial charge in [-0.3, -0.25) is 4.79 Å². The van der Waals surface area contributed by atoms with Crippen molar-refractivity contribution in [2.75, 3.05) is 7.11 Å². The van der Waals surface area contributed by atoms with Crippen LogP contribution in [0.25, 0.3) is 0 Å². The lowest BCUT2D eigenvalue weighted by Gasteiger charge is -2.20. The minimum absolute atomic E-state index is 0.0529. The van der Waals surface area contributed by atoms with Crippen LogP contribution < -0.4 is 0 Å². The van der Waals surface area contributed by atoms with E-state index in [4.69, 9.17) is 9.47 Å². The van der Waals surface area contributed by atoms with Crippen LogP contribution in [-0.2, 0) is 20.7 Å². The summed E-state index contributed by atoms with van der Waals surface area (Å²) < 4.78 is 11.2. The van der Waals surface area contributed by atoms with E-state index in [0.717, 1.165) is 28.7 Å². The van der Waals surface area contributed by atoms with Crippen molar-refractivity contribution in [1.82, 2.24) is 0 Å². The molecule has 0 aliphatic heterocycles. The van der Waals surface area contributed by atoms with Gasteiger partial charge in [-0.25, -0.2) is 4.79 Å². The summed E-state index contributed by atoms with van der Waals surface area (Å²) in [5, 5.41) is 0. The number of hydrogen-bond acceptors (Lipinski definition) is 4. The quantitative estimate of drug-likeness (QED) is 0.353. The van der Waals surface area contributed by atoms with Crippen molar-refractivity contribution in [3.63, 3.8) is 0 Å². The van der Waals surface area contributed by atoms with Crippen LogP contribution in [0.5, 0.6) is 0 Å². The Hall–Kier alpha value is -2.72. The lowest BCUT2D eigenvalue weighted by molar-refractivity contribution is -0.120. The molecule has 160 valence electrons. The average Bonchev–Trinajstić information content (AvgIpc) is 2.75. The number of ketones is 1. The Kier molecular flexibility index (Phi) is 9.00. The molecule has 0 fully saturated rings. The van der Waals surface area contributed by atoms with Gasteiger partial charge in [0, 0.05) is 26.4 Å². The Balaban J connectivity index is 2.29. The highest BCUT2D eigenvalue weighted by Crippen LogP contribution is 2.26. The maximum Gasteiger partial charge on any atom is 0.339 e. The van der Waals surface area contributed by atoms with Gasteiger partial charge in [-0.1, -0.05) is 49.4 Å². The molecule has 2 aromatic rings. The van der Waals surface area contributed by atoms with E-state index in [0.29, 0.717) is 18.4 Å². The van der Waals surface area contributed by atoms with Crippen molar-refractivity contribution in [3.8, 4) is 0 Å². The zero-order valence-corrected chi connectivity index (χ0v) is 18.4. The largest absolute Gasteiger partial charge is 0.454 e. The molecule has 4 heteroatoms. The van der Waals surface area contributed by atoms with E-state index >= 15 is 0 Å². The minimum atomic E-state index is -0.421. The zero-order chi connectivity index (χ0) is 22.1. The molecule has 2 rings (SSSR count). The lowest BCUT2D eigenvalue weighted by Crippen LogP contribution is -2.19. The van der Waals surface area contributed by atoms with E-state index in [9.17, 15) is 9.59 Å². The molecule has 0 aliphatic carbocycles. The molecular weight excluding hydrogens is 376 g/mol. The van der Waals surface area contributed by atoms with Crippen LogP contribution in [0.3, 0.4) is 0 Å². The average molecular weight is 409 g/mol. The highest BCUT2D eigenvalue weighted by Gasteiger charge is 2.23. The predicted molar refractivity (Wildman–Crippen MR) is 120 cm³/mol. The van der Waals surface area contributed by atoms with Gasteiger partial charge in [0.1, 0.15) is 11.9 Å². The number of hydrogen-bond donors (Lipinski definition) is 0. The van der Waals surface area contributed by atoms with Gasteiger partial charge in [0.2, 0.25) is 0 Å². The van der Waals surface area contributed by atoms with E-state index < -0.39 is 12.1 Å². The second kappa shape index (κ2) is 11.5. The molecule has 0 heterocycles. The molecule has 0 N–H and O–H groups in total. The maximum absolute atomic E-state index is 13.1. The summed E-state index contributed by atoms with van der Waals surface area (Å²) in [5.74, 6) is -0.368. The normalized spacial score (nSPS) is 12.8. The van der Waals surface area contributed by atoms with Gasteiger partial charge in [0.25, 0.3) is 0 Å². The first-order valence-electron chi connectivity index (χ1n) is 10.4. The highest BCUT2D eigenvalue weighted by atomic mass is 16.5. The van der Waals surface area contributed by atoms with Gasteiger partial charge in [-0.15, -0.1) is 6.58 Å². The monoisotopic (exact) mass is 408 g/mol. The summed E-state index contributed by atoms with van der Waals surface area (Å²) >= 11 is 0. The molecule has 0 aromatic heterocycles. The molecule has 2 aromatic carbocycles. The van der Waals surface area contributed by atoms with Crippen LogP contribution in [0.15, 0.2) is 55.1 Å². The molecule has 0 radical (unpaired) electrons. The standard InChI is InChI=1S/C26H32O4/c1-6-11-25(20-12-9-8-10-13-20)30-26(28)23-15-14-18(3)19(4)24(23)17-21(27)16-22(7-2)29-5/h6,8-10,12-15,22,25H,1,7,11,16-17H2,2-5H3. The molecule has 2 atom stereocenters. The molecule has 0 spiro atoms. The van der Waals surface area contributed by atoms with Gasteiger partial charge in [-0.2, -0.15) is 0 Å². The van der Waals surface area contributed by atoms with E-state index in [1.165, 1.54) is 0 Å². The number of benzene rings is 2. The van der Waals surface area contributed by atoms with Gasteiger partial charge >= 0.3 is 5.97 Å². The molecular formula is C26H32O4. The summed E-state index contributed by atoms with van der Waals surface area (Å²) in [4.78, 5) is 25.8. The Labute approximate surface area is 179 Å². The van der Waals surface area contributed by atoms with Crippen LogP contribution in [0, 0.1) is 13.8 Å². The molecule has 4 nitrogen and oxygen atoms in total. The van der Waals surface area contributed by atoms with Crippen LogP contribution in [0.2, 0.25) is 0 Å². The lowest BCUT2D eigenvalue weighted by atomic mass is 9.92. The summed E-state index contributed by atoms with van der Waals surface area (Å²) in [6.45, 7) is 9.70. The SMILES string of the molecule is C=CCC(OC(=O)c1ccc(C)c(C)c1CC(=O)CC(CC)OC)c1ccccc1. The molecule has 0 saturated carbocycles. The van der Waals surface area contributed by atoms with Crippen LogP contribution >= 0.6 is 0 Å². The summed E-state index contributed by atoms with van der Waals surface area (Å²) in [6, 6.07) is 13.3. The Morgan fingerprint density at radius 3 is 2.40 bits per heavy atom. The van der Waals surface area contributed by atoms with E-state index in [1.54, 1.807) is 19.3 Å². The van der Waals surface area contributed by atoms with Crippen LogP contribution in [-0.4, -0.2) is 25.0 Å². The van der Waals surface area contributed by atoms with Gasteiger partial charge in [0.05, 0.1) is 11.7 Å². The first kappa shape index (κ1) is 23.6. The van der Waals surface area contributed by atoms with Crippen molar-refractivity contribution < 1.29 is 19.1 Å². The van der Waals surface area contributed by atoms with Crippen molar-refractivity contribution in [2.45, 2.75) is 58.7 Å². The van der Waals surface area contributed by atoms with Gasteiger partial charge in [0.15, 0.2) is 0 Å². The van der Waals surface area contributed by atoms with Crippen molar-refractivity contribution in [1.29, 1.82) is 0 Å². The number of carbonyl (C=O) groups is 2. The molecule has 0 bridgehead atoms. The fraction of sp³-hybridized carbons (Fsp3) is 0.385. The zero-order valence-electron chi connectivity index (χ0n) is 18.4. The predicted octanol–water partition coefficient (Wildman–Crippen LogP) is 5.70. The number of rotatable bonds is 11. The van der Waals surface area contributed by atoms with Crippen LogP contribution in [0.4, 0.5) is 0 Å². The molecule has 30 heavy (non-hydrogen) atoms. The Morgan fingerprint density at radius 2 is 1.80 bits per heavy atom. The maximum atomic E-state index is 13.1. The topological polar surface area (TPSA) is 52.6 Å². The third-order valence-electron chi connectivity index (χ3n) is 5.51. The fourth-order valence-electron chi connectivity index (χ4n) is 3.47. The van der Waals surface area contributed by atoms with Crippen molar-refractivity contribution in [2.24, 2.45) is 0 Å². The second-order valence-corrected chi connectivity index (χ2v) is 7.55. The third-order valence-corrected chi connectivity index (χ3v) is 5.51. The van der Waals surface area contributed by atoms with E-state index in [2.05, 4.69) is 6.58 Å². The molecule has 0 amide bonds. The third kappa shape index (κ3) is 6.14. The minimum Gasteiger partial charge on any atom is -0.454 e. The van der Waals surface area contributed by atoms with Gasteiger partial charge < -0.3 is 9.47 Å². The second-order valence-electron chi connectivity index (χ2n) is 7.55. The van der Waals surface area contributed by atoms with E-state index in [-0.39, 0.29) is 18.3 Å². The number of aryl methyl sites for hydroxylation is 1. The first-order chi connectivity index (χ1) is 14.4. The first-order valence-corrected chi connectivity index (χ1v) is 10.4. The summed E-state index contributed by atoms with van der Waals surface area (Å²) in [7, 11) is 1.62. The van der Waals surface area contributed by atoms with Crippen molar-refractivity contribution >= 4 is 11.8 Å². The Bertz CT molecular complexity index is 866. The smallest absolute Gasteiger partial charge is 0.339 e. The number of Topliss-reactive ketones (excluding diaryl/α,β-unsaturated/α-hetero) is 1. The number of methoxy groups -OCH3 is 1. The fourth-order valence-corrected chi connectivity index (χ4v) is 3.47. The Morgan fingerprint density at radius 1 is 1.10 bits per heavy atom. The molecule has 2 unspecified atom stereocenters. The summed E-state index contributed by atoms with van der Waals surface area (Å²) in [6.07, 6.45) is 3.02. The van der Waals surface area contributed by atoms with Crippen molar-refractivity contribution in [3.05, 3.63) is 82.9 Å². The number of carbonyl (C=O) groups excluding carboxylic acids is 2. The molecule has 0 aliphatic rings. The molecule has 0 saturated heterocycles. The van der Waals surface area contributed by atoms with Crippen LogP contribution in [0.1, 0.15) is 64.9 Å². The summed E-state index contributed by atoms with van der Waals surface area (Å²) in [5.41, 5.74) is 4.09. The van der Waals surface area contributed by atoms with E-state index in [1.807, 2.05) is 57.2 Å².